The Kier molecular flexibility index (Phi) is 3.39. The summed E-state index contributed by atoms with van der Waals surface area (Å²) in [6.45, 7) is 4.46. The summed E-state index contributed by atoms with van der Waals surface area (Å²) >= 11 is 0. The van der Waals surface area contributed by atoms with Crippen LogP contribution in [0, 0.1) is 0 Å². The molecular formula is C11H15B. The number of hydrogen-bond acceptors (Lipinski definition) is 0. The monoisotopic (exact) mass is 158 g/mol. The molecular weight excluding hydrogens is 143 g/mol. The van der Waals surface area contributed by atoms with Crippen LogP contribution in [0.1, 0.15) is 38.2 Å². The summed E-state index contributed by atoms with van der Waals surface area (Å²) in [5, 5.41) is 0. The maximum Gasteiger partial charge on any atom is 0.113 e. The fraction of sp³-hybridized carbons (Fsp3) is 0.455. The van der Waals surface area contributed by atoms with Crippen molar-refractivity contribution in [3.8, 4) is 0 Å². The SMILES string of the molecule is [B]c1cccc(C(C)CCC)c1. The average molecular weight is 158 g/mol. The summed E-state index contributed by atoms with van der Waals surface area (Å²) in [7, 11) is 5.69. The molecule has 62 valence electrons. The van der Waals surface area contributed by atoms with Gasteiger partial charge >= 0.3 is 0 Å². The van der Waals surface area contributed by atoms with Gasteiger partial charge in [0.2, 0.25) is 0 Å². The van der Waals surface area contributed by atoms with Crippen LogP contribution in [0.4, 0.5) is 0 Å². The van der Waals surface area contributed by atoms with Crippen LogP contribution < -0.4 is 5.46 Å². The number of benzene rings is 1. The van der Waals surface area contributed by atoms with E-state index < -0.39 is 0 Å². The first-order valence-corrected chi connectivity index (χ1v) is 4.59. The van der Waals surface area contributed by atoms with Crippen molar-refractivity contribution in [2.24, 2.45) is 0 Å². The number of hydrogen-bond donors (Lipinski definition) is 0. The maximum absolute atomic E-state index is 5.69. The van der Waals surface area contributed by atoms with E-state index in [0.29, 0.717) is 5.92 Å². The summed E-state index contributed by atoms with van der Waals surface area (Å²) in [5.74, 6) is 0.637. The van der Waals surface area contributed by atoms with Gasteiger partial charge in [-0.05, 0) is 17.9 Å². The molecule has 1 aromatic rings. The van der Waals surface area contributed by atoms with Gasteiger partial charge in [0.25, 0.3) is 0 Å². The summed E-state index contributed by atoms with van der Waals surface area (Å²) < 4.78 is 0. The molecule has 1 atom stereocenters. The van der Waals surface area contributed by atoms with Crippen LogP contribution in [-0.4, -0.2) is 7.85 Å². The molecule has 0 N–H and O–H groups in total. The van der Waals surface area contributed by atoms with Crippen molar-refractivity contribution >= 4 is 13.3 Å². The molecule has 0 amide bonds. The molecule has 0 aliphatic rings. The van der Waals surface area contributed by atoms with Gasteiger partial charge in [0.15, 0.2) is 0 Å². The lowest BCUT2D eigenvalue weighted by Gasteiger charge is -2.10. The molecule has 1 aromatic carbocycles. The van der Waals surface area contributed by atoms with Crippen molar-refractivity contribution in [2.45, 2.75) is 32.6 Å². The van der Waals surface area contributed by atoms with Crippen molar-refractivity contribution in [2.75, 3.05) is 0 Å². The van der Waals surface area contributed by atoms with Crippen LogP contribution in [-0.2, 0) is 0 Å². The Hall–Kier alpha value is -0.715. The average Bonchev–Trinajstić information content (AvgIpc) is 2.05. The quantitative estimate of drug-likeness (QED) is 0.592. The van der Waals surface area contributed by atoms with Crippen molar-refractivity contribution in [1.82, 2.24) is 0 Å². The largest absolute Gasteiger partial charge is 0.113 e. The lowest BCUT2D eigenvalue weighted by atomic mass is 9.89. The molecule has 0 bridgehead atoms. The standard InChI is InChI=1S/C11H15B/c1-3-5-9(2)10-6-4-7-11(12)8-10/h4,6-9H,3,5H2,1-2H3. The Bertz CT molecular complexity index is 243. The normalized spacial score (nSPS) is 12.8. The fourth-order valence-electron chi connectivity index (χ4n) is 1.47. The van der Waals surface area contributed by atoms with Gasteiger partial charge in [0.05, 0.1) is 0 Å². The number of rotatable bonds is 3. The van der Waals surface area contributed by atoms with Gasteiger partial charge in [-0.1, -0.05) is 50.0 Å². The molecule has 1 unspecified atom stereocenters. The first-order chi connectivity index (χ1) is 5.74. The minimum Gasteiger partial charge on any atom is -0.0964 e. The van der Waals surface area contributed by atoms with E-state index in [1.165, 1.54) is 18.4 Å². The molecule has 0 saturated heterocycles. The minimum absolute atomic E-state index is 0.637. The third-order valence-corrected chi connectivity index (χ3v) is 2.20. The van der Waals surface area contributed by atoms with Crippen LogP contribution in [0.3, 0.4) is 0 Å². The maximum atomic E-state index is 5.69. The highest BCUT2D eigenvalue weighted by Crippen LogP contribution is 2.18. The molecule has 0 spiro atoms. The Morgan fingerprint density at radius 3 is 2.75 bits per heavy atom. The summed E-state index contributed by atoms with van der Waals surface area (Å²) in [4.78, 5) is 0. The van der Waals surface area contributed by atoms with E-state index in [2.05, 4.69) is 26.0 Å². The zero-order valence-electron chi connectivity index (χ0n) is 7.88. The molecule has 0 saturated carbocycles. The first-order valence-electron chi connectivity index (χ1n) is 4.59. The second-order valence-corrected chi connectivity index (χ2v) is 3.36. The van der Waals surface area contributed by atoms with Crippen LogP contribution >= 0.6 is 0 Å². The lowest BCUT2D eigenvalue weighted by molar-refractivity contribution is 0.665. The van der Waals surface area contributed by atoms with Gasteiger partial charge in [-0.2, -0.15) is 0 Å². The third-order valence-electron chi connectivity index (χ3n) is 2.20. The third kappa shape index (κ3) is 2.40. The van der Waals surface area contributed by atoms with Crippen LogP contribution in [0.15, 0.2) is 24.3 Å². The molecule has 0 fully saturated rings. The molecule has 0 heterocycles. The van der Waals surface area contributed by atoms with Gasteiger partial charge in [-0.25, -0.2) is 0 Å². The molecule has 1 heteroatoms. The van der Waals surface area contributed by atoms with E-state index in [1.807, 2.05) is 12.1 Å². The highest BCUT2D eigenvalue weighted by molar-refractivity contribution is 6.32. The Morgan fingerprint density at radius 1 is 1.42 bits per heavy atom. The van der Waals surface area contributed by atoms with E-state index in [9.17, 15) is 0 Å². The topological polar surface area (TPSA) is 0 Å². The van der Waals surface area contributed by atoms with Gasteiger partial charge in [0, 0.05) is 0 Å². The van der Waals surface area contributed by atoms with Crippen LogP contribution in [0.2, 0.25) is 0 Å². The molecule has 1 rings (SSSR count). The van der Waals surface area contributed by atoms with E-state index in [0.717, 1.165) is 5.46 Å². The second-order valence-electron chi connectivity index (χ2n) is 3.36. The summed E-state index contributed by atoms with van der Waals surface area (Å²) in [5.41, 5.74) is 2.23. The second kappa shape index (κ2) is 4.35. The van der Waals surface area contributed by atoms with Gasteiger partial charge in [0.1, 0.15) is 7.85 Å². The molecule has 0 aromatic heterocycles. The minimum atomic E-state index is 0.637. The molecule has 0 nitrogen and oxygen atoms in total. The fourth-order valence-corrected chi connectivity index (χ4v) is 1.47. The van der Waals surface area contributed by atoms with E-state index in [4.69, 9.17) is 7.85 Å². The summed E-state index contributed by atoms with van der Waals surface area (Å²) in [6.07, 6.45) is 2.47. The zero-order valence-corrected chi connectivity index (χ0v) is 7.88. The Morgan fingerprint density at radius 2 is 2.17 bits per heavy atom. The van der Waals surface area contributed by atoms with E-state index in [-0.39, 0.29) is 0 Å². The van der Waals surface area contributed by atoms with E-state index in [1.54, 1.807) is 0 Å². The van der Waals surface area contributed by atoms with Crippen molar-refractivity contribution < 1.29 is 0 Å². The first kappa shape index (κ1) is 9.37. The lowest BCUT2D eigenvalue weighted by Crippen LogP contribution is -2.04. The predicted octanol–water partition coefficient (Wildman–Crippen LogP) is 2.38. The van der Waals surface area contributed by atoms with Crippen LogP contribution in [0.5, 0.6) is 0 Å². The van der Waals surface area contributed by atoms with E-state index >= 15 is 0 Å². The smallest absolute Gasteiger partial charge is 0.0964 e. The Balaban J connectivity index is 2.73. The molecule has 0 aliphatic heterocycles. The Labute approximate surface area is 76.4 Å². The highest BCUT2D eigenvalue weighted by Gasteiger charge is 2.02. The van der Waals surface area contributed by atoms with Crippen molar-refractivity contribution in [3.63, 3.8) is 0 Å². The van der Waals surface area contributed by atoms with Gasteiger partial charge < -0.3 is 0 Å². The molecule has 0 aliphatic carbocycles. The summed E-state index contributed by atoms with van der Waals surface area (Å²) in [6, 6.07) is 8.18. The molecule has 12 heavy (non-hydrogen) atoms. The zero-order chi connectivity index (χ0) is 8.97. The van der Waals surface area contributed by atoms with Crippen molar-refractivity contribution in [1.29, 1.82) is 0 Å². The van der Waals surface area contributed by atoms with Crippen LogP contribution in [0.25, 0.3) is 0 Å². The highest BCUT2D eigenvalue weighted by atomic mass is 14.1. The van der Waals surface area contributed by atoms with Gasteiger partial charge in [-0.3, -0.25) is 0 Å². The molecule has 2 radical (unpaired) electrons. The van der Waals surface area contributed by atoms with Gasteiger partial charge in [-0.15, -0.1) is 0 Å². The predicted molar refractivity (Wildman–Crippen MR) is 55.2 cm³/mol. The van der Waals surface area contributed by atoms with Crippen molar-refractivity contribution in [3.05, 3.63) is 29.8 Å².